The van der Waals surface area contributed by atoms with Gasteiger partial charge < -0.3 is 9.80 Å². The summed E-state index contributed by atoms with van der Waals surface area (Å²) in [5, 5.41) is 0. The summed E-state index contributed by atoms with van der Waals surface area (Å²) >= 11 is 0. The fourth-order valence-electron chi connectivity index (χ4n) is 1.22. The van der Waals surface area contributed by atoms with Crippen molar-refractivity contribution in [1.82, 2.24) is 0 Å². The van der Waals surface area contributed by atoms with Crippen LogP contribution in [0.3, 0.4) is 0 Å². The van der Waals surface area contributed by atoms with E-state index in [0.717, 1.165) is 5.69 Å². The number of rotatable bonds is 2. The molecule has 0 spiro atoms. The third-order valence-electron chi connectivity index (χ3n) is 2.05. The molecule has 0 aliphatic carbocycles. The predicted octanol–water partition coefficient (Wildman–Crippen LogP) is 1.18. The molecule has 0 saturated carbocycles. The Morgan fingerprint density at radius 3 is 2.14 bits per heavy atom. The molecular weight excluding hydrogens is 176 g/mol. The van der Waals surface area contributed by atoms with E-state index < -0.39 is 0 Å². The molecule has 76 valence electrons. The van der Waals surface area contributed by atoms with Crippen molar-refractivity contribution in [1.29, 1.82) is 0 Å². The number of hydrogen-bond acceptors (Lipinski definition) is 3. The van der Waals surface area contributed by atoms with Crippen LogP contribution in [0, 0.1) is 0 Å². The van der Waals surface area contributed by atoms with Gasteiger partial charge in [-0.2, -0.15) is 0 Å². The van der Waals surface area contributed by atoms with Crippen LogP contribution in [0.15, 0.2) is 29.1 Å². The van der Waals surface area contributed by atoms with Crippen molar-refractivity contribution in [2.45, 2.75) is 0 Å². The fourth-order valence-corrected chi connectivity index (χ4v) is 1.22. The smallest absolute Gasteiger partial charge is 0.203 e. The van der Waals surface area contributed by atoms with Crippen molar-refractivity contribution in [3.05, 3.63) is 34.5 Å². The van der Waals surface area contributed by atoms with Crippen LogP contribution in [0.25, 0.3) is 0 Å². The van der Waals surface area contributed by atoms with Crippen molar-refractivity contribution in [2.24, 2.45) is 0 Å². The Bertz CT molecular complexity index is 372. The van der Waals surface area contributed by atoms with Gasteiger partial charge in [0.05, 0.1) is 5.69 Å². The Kier molecular flexibility index (Phi) is 3.12. The zero-order valence-corrected chi connectivity index (χ0v) is 9.11. The summed E-state index contributed by atoms with van der Waals surface area (Å²) in [6.45, 7) is 0. The summed E-state index contributed by atoms with van der Waals surface area (Å²) in [5.41, 5.74) is 1.67. The lowest BCUT2D eigenvalue weighted by Crippen LogP contribution is -2.17. The van der Waals surface area contributed by atoms with Crippen LogP contribution in [-0.4, -0.2) is 28.2 Å². The normalized spacial score (nSPS) is 9.71. The predicted molar refractivity (Wildman–Crippen MR) is 61.4 cm³/mol. The van der Waals surface area contributed by atoms with Gasteiger partial charge >= 0.3 is 0 Å². The summed E-state index contributed by atoms with van der Waals surface area (Å²) < 4.78 is 0. The number of hydrogen-bond donors (Lipinski definition) is 0. The molecule has 1 rings (SSSR count). The van der Waals surface area contributed by atoms with Crippen molar-refractivity contribution in [3.8, 4) is 0 Å². The first kappa shape index (κ1) is 10.6. The molecule has 0 aromatic heterocycles. The minimum absolute atomic E-state index is 0.0451. The van der Waals surface area contributed by atoms with Gasteiger partial charge in [-0.1, -0.05) is 6.07 Å². The Morgan fingerprint density at radius 1 is 1.00 bits per heavy atom. The SMILES string of the molecule is CN(C)c1cccc(N(C)C)c(=O)c1. The van der Waals surface area contributed by atoms with Gasteiger partial charge in [0, 0.05) is 39.9 Å². The highest BCUT2D eigenvalue weighted by Gasteiger charge is 2.00. The van der Waals surface area contributed by atoms with E-state index in [-0.39, 0.29) is 5.43 Å². The van der Waals surface area contributed by atoms with Gasteiger partial charge in [-0.15, -0.1) is 0 Å². The Balaban J connectivity index is 3.31. The molecule has 0 saturated heterocycles. The average molecular weight is 192 g/mol. The first-order chi connectivity index (χ1) is 6.52. The molecule has 0 heterocycles. The van der Waals surface area contributed by atoms with Gasteiger partial charge in [-0.05, 0) is 12.1 Å². The largest absolute Gasteiger partial charge is 0.378 e. The zero-order chi connectivity index (χ0) is 10.7. The standard InChI is InChI=1S/C11H16N2O/c1-12(2)9-6-5-7-10(13(3)4)11(14)8-9/h5-8H,1-4H3. The van der Waals surface area contributed by atoms with Gasteiger partial charge in [-0.3, -0.25) is 4.79 Å². The van der Waals surface area contributed by atoms with E-state index in [9.17, 15) is 4.79 Å². The third kappa shape index (κ3) is 2.25. The maximum Gasteiger partial charge on any atom is 0.203 e. The van der Waals surface area contributed by atoms with Crippen LogP contribution in [-0.2, 0) is 0 Å². The fraction of sp³-hybridized carbons (Fsp3) is 0.364. The second kappa shape index (κ2) is 4.13. The second-order valence-corrected chi connectivity index (χ2v) is 3.63. The zero-order valence-electron chi connectivity index (χ0n) is 9.11. The molecule has 0 N–H and O–H groups in total. The lowest BCUT2D eigenvalue weighted by atomic mass is 10.4. The first-order valence-corrected chi connectivity index (χ1v) is 4.51. The van der Waals surface area contributed by atoms with Gasteiger partial charge in [0.25, 0.3) is 0 Å². The van der Waals surface area contributed by atoms with E-state index in [1.165, 1.54) is 0 Å². The second-order valence-electron chi connectivity index (χ2n) is 3.63. The van der Waals surface area contributed by atoms with Crippen LogP contribution in [0.5, 0.6) is 0 Å². The Labute approximate surface area is 84.6 Å². The molecule has 0 radical (unpaired) electrons. The minimum atomic E-state index is 0.0451. The third-order valence-corrected chi connectivity index (χ3v) is 2.05. The topological polar surface area (TPSA) is 23.6 Å². The maximum atomic E-state index is 11.7. The molecular formula is C11H16N2O. The Morgan fingerprint density at radius 2 is 1.64 bits per heavy atom. The highest BCUT2D eigenvalue weighted by Crippen LogP contribution is 2.09. The van der Waals surface area contributed by atoms with Crippen LogP contribution in [0.2, 0.25) is 0 Å². The van der Waals surface area contributed by atoms with Gasteiger partial charge in [0.2, 0.25) is 5.43 Å². The molecule has 3 heteroatoms. The van der Waals surface area contributed by atoms with Crippen LogP contribution in [0.1, 0.15) is 0 Å². The van der Waals surface area contributed by atoms with E-state index in [4.69, 9.17) is 0 Å². The van der Waals surface area contributed by atoms with Gasteiger partial charge in [0.1, 0.15) is 0 Å². The molecule has 0 aliphatic heterocycles. The van der Waals surface area contributed by atoms with Crippen LogP contribution in [0.4, 0.5) is 11.4 Å². The summed E-state index contributed by atoms with van der Waals surface area (Å²) in [6.07, 6.45) is 0. The minimum Gasteiger partial charge on any atom is -0.378 e. The number of nitrogens with zero attached hydrogens (tertiary/aromatic N) is 2. The first-order valence-electron chi connectivity index (χ1n) is 4.51. The monoisotopic (exact) mass is 192 g/mol. The molecule has 1 aromatic carbocycles. The van der Waals surface area contributed by atoms with Crippen LogP contribution < -0.4 is 15.2 Å². The Hall–Kier alpha value is -1.51. The number of anilines is 2. The summed E-state index contributed by atoms with van der Waals surface area (Å²) in [6, 6.07) is 7.30. The lowest BCUT2D eigenvalue weighted by Gasteiger charge is -2.10. The van der Waals surface area contributed by atoms with Crippen molar-refractivity contribution in [3.63, 3.8) is 0 Å². The molecule has 0 amide bonds. The molecule has 0 unspecified atom stereocenters. The van der Waals surface area contributed by atoms with Gasteiger partial charge in [-0.25, -0.2) is 0 Å². The summed E-state index contributed by atoms with van der Waals surface area (Å²) in [4.78, 5) is 15.5. The molecule has 0 atom stereocenters. The molecule has 3 nitrogen and oxygen atoms in total. The van der Waals surface area contributed by atoms with Crippen molar-refractivity contribution >= 4 is 11.4 Å². The quantitative estimate of drug-likeness (QED) is 0.703. The molecule has 1 aromatic rings. The van der Waals surface area contributed by atoms with E-state index in [1.807, 2.05) is 56.2 Å². The highest BCUT2D eigenvalue weighted by atomic mass is 16.1. The van der Waals surface area contributed by atoms with Crippen LogP contribution >= 0.6 is 0 Å². The van der Waals surface area contributed by atoms with E-state index >= 15 is 0 Å². The molecule has 0 aliphatic rings. The van der Waals surface area contributed by atoms with Gasteiger partial charge in [0.15, 0.2) is 0 Å². The maximum absolute atomic E-state index is 11.7. The highest BCUT2D eigenvalue weighted by molar-refractivity contribution is 5.51. The van der Waals surface area contributed by atoms with Crippen molar-refractivity contribution in [2.75, 3.05) is 38.0 Å². The summed E-state index contributed by atoms with van der Waals surface area (Å²) in [7, 11) is 7.58. The average Bonchev–Trinajstić information content (AvgIpc) is 2.26. The van der Waals surface area contributed by atoms with E-state index in [1.54, 1.807) is 6.07 Å². The summed E-state index contributed by atoms with van der Waals surface area (Å²) in [5.74, 6) is 0. The lowest BCUT2D eigenvalue weighted by molar-refractivity contribution is 1.12. The van der Waals surface area contributed by atoms with E-state index in [2.05, 4.69) is 0 Å². The van der Waals surface area contributed by atoms with Crippen molar-refractivity contribution < 1.29 is 0 Å². The molecule has 14 heavy (non-hydrogen) atoms. The molecule has 0 fully saturated rings. The molecule has 0 bridgehead atoms. The van der Waals surface area contributed by atoms with E-state index in [0.29, 0.717) is 5.69 Å².